The van der Waals surface area contributed by atoms with Crippen LogP contribution in [0.15, 0.2) is 48.5 Å². The quantitative estimate of drug-likeness (QED) is 0.652. The van der Waals surface area contributed by atoms with E-state index < -0.39 is 0 Å². The number of aromatic nitrogens is 1. The van der Waals surface area contributed by atoms with Gasteiger partial charge in [0.1, 0.15) is 0 Å². The zero-order chi connectivity index (χ0) is 18.1. The molecule has 2 aromatic carbocycles. The van der Waals surface area contributed by atoms with Crippen molar-refractivity contribution in [2.24, 2.45) is 5.92 Å². The van der Waals surface area contributed by atoms with Gasteiger partial charge in [0.05, 0.1) is 6.42 Å². The number of para-hydroxylation sites is 1. The predicted molar refractivity (Wildman–Crippen MR) is 103 cm³/mol. The number of aryl methyl sites for hydroxylation is 1. The lowest BCUT2D eigenvalue weighted by molar-refractivity contribution is -0.117. The van der Waals surface area contributed by atoms with Gasteiger partial charge in [0.15, 0.2) is 0 Å². The highest BCUT2D eigenvalue weighted by Crippen LogP contribution is 2.30. The summed E-state index contributed by atoms with van der Waals surface area (Å²) in [6.45, 7) is 1.99. The van der Waals surface area contributed by atoms with E-state index in [-0.39, 0.29) is 17.7 Å². The molecule has 3 N–H and O–H groups in total. The minimum Gasteiger partial charge on any atom is -0.358 e. The van der Waals surface area contributed by atoms with Gasteiger partial charge in [-0.05, 0) is 55.7 Å². The molecule has 4 rings (SSSR count). The normalized spacial score (nSPS) is 13.6. The molecule has 132 valence electrons. The molecule has 1 aromatic heterocycles. The van der Waals surface area contributed by atoms with E-state index in [1.165, 1.54) is 0 Å². The number of hydrogen-bond acceptors (Lipinski definition) is 2. The average Bonchev–Trinajstić information content (AvgIpc) is 3.43. The van der Waals surface area contributed by atoms with E-state index >= 15 is 0 Å². The molecule has 1 fully saturated rings. The number of hydrogen-bond donors (Lipinski definition) is 3. The van der Waals surface area contributed by atoms with Crippen LogP contribution in [0.4, 0.5) is 11.4 Å². The van der Waals surface area contributed by atoms with Gasteiger partial charge >= 0.3 is 0 Å². The standard InChI is InChI=1S/C21H21N3O2/c1-13-18(17-4-2-3-5-19(17)22-13)12-20(25)23-15-8-10-16(11-9-15)24-21(26)14-6-7-14/h2-5,8-11,14,22H,6-7,12H2,1H3,(H,23,25)(H,24,26). The first-order valence-electron chi connectivity index (χ1n) is 8.87. The van der Waals surface area contributed by atoms with Crippen LogP contribution in [0.3, 0.4) is 0 Å². The Bertz CT molecular complexity index is 969. The number of anilines is 2. The highest BCUT2D eigenvalue weighted by molar-refractivity contribution is 5.97. The van der Waals surface area contributed by atoms with Crippen LogP contribution in [0.1, 0.15) is 24.1 Å². The van der Waals surface area contributed by atoms with Crippen LogP contribution in [0.5, 0.6) is 0 Å². The van der Waals surface area contributed by atoms with Crippen molar-refractivity contribution in [3.05, 3.63) is 59.8 Å². The van der Waals surface area contributed by atoms with Crippen molar-refractivity contribution in [3.8, 4) is 0 Å². The Hall–Kier alpha value is -3.08. The molecule has 0 radical (unpaired) electrons. The third kappa shape index (κ3) is 3.47. The number of carbonyl (C=O) groups is 2. The SMILES string of the molecule is Cc1[nH]c2ccccc2c1CC(=O)Nc1ccc(NC(=O)C2CC2)cc1. The van der Waals surface area contributed by atoms with Crippen LogP contribution < -0.4 is 10.6 Å². The summed E-state index contributed by atoms with van der Waals surface area (Å²) in [7, 11) is 0. The summed E-state index contributed by atoms with van der Waals surface area (Å²) in [5.41, 5.74) is 4.55. The molecule has 1 aliphatic carbocycles. The van der Waals surface area contributed by atoms with Crippen molar-refractivity contribution < 1.29 is 9.59 Å². The van der Waals surface area contributed by atoms with Crippen LogP contribution in [0.25, 0.3) is 10.9 Å². The molecule has 1 saturated carbocycles. The summed E-state index contributed by atoms with van der Waals surface area (Å²) < 4.78 is 0. The van der Waals surface area contributed by atoms with Gasteiger partial charge in [-0.1, -0.05) is 18.2 Å². The van der Waals surface area contributed by atoms with Gasteiger partial charge in [0.25, 0.3) is 0 Å². The second-order valence-electron chi connectivity index (χ2n) is 6.84. The monoisotopic (exact) mass is 347 g/mol. The molecule has 3 aromatic rings. The molecule has 0 unspecified atom stereocenters. The average molecular weight is 347 g/mol. The van der Waals surface area contributed by atoms with Crippen molar-refractivity contribution >= 4 is 34.1 Å². The number of H-pyrrole nitrogens is 1. The zero-order valence-electron chi connectivity index (χ0n) is 14.6. The fourth-order valence-electron chi connectivity index (χ4n) is 3.16. The van der Waals surface area contributed by atoms with Crippen molar-refractivity contribution in [2.75, 3.05) is 10.6 Å². The Morgan fingerprint density at radius 3 is 2.35 bits per heavy atom. The number of fused-ring (bicyclic) bond motifs is 1. The number of benzene rings is 2. The maximum absolute atomic E-state index is 12.4. The van der Waals surface area contributed by atoms with Gasteiger partial charge in [-0.15, -0.1) is 0 Å². The zero-order valence-corrected chi connectivity index (χ0v) is 14.6. The van der Waals surface area contributed by atoms with E-state index in [1.807, 2.05) is 55.5 Å². The molecule has 1 aliphatic rings. The third-order valence-electron chi connectivity index (χ3n) is 4.75. The Morgan fingerprint density at radius 2 is 1.65 bits per heavy atom. The number of rotatable bonds is 5. The van der Waals surface area contributed by atoms with E-state index in [2.05, 4.69) is 15.6 Å². The maximum atomic E-state index is 12.4. The van der Waals surface area contributed by atoms with E-state index in [1.54, 1.807) is 0 Å². The van der Waals surface area contributed by atoms with Crippen molar-refractivity contribution in [1.82, 2.24) is 4.98 Å². The number of nitrogens with one attached hydrogen (secondary N) is 3. The van der Waals surface area contributed by atoms with Crippen LogP contribution in [0.2, 0.25) is 0 Å². The number of aromatic amines is 1. The predicted octanol–water partition coefficient (Wildman–Crippen LogP) is 4.01. The second-order valence-corrected chi connectivity index (χ2v) is 6.84. The molecule has 0 aliphatic heterocycles. The Labute approximate surface area is 151 Å². The van der Waals surface area contributed by atoms with E-state index in [4.69, 9.17) is 0 Å². The molecule has 1 heterocycles. The first-order chi connectivity index (χ1) is 12.6. The molecule has 0 saturated heterocycles. The summed E-state index contributed by atoms with van der Waals surface area (Å²) in [6.07, 6.45) is 2.27. The topological polar surface area (TPSA) is 74.0 Å². The van der Waals surface area contributed by atoms with Crippen molar-refractivity contribution in [2.45, 2.75) is 26.2 Å². The van der Waals surface area contributed by atoms with Crippen LogP contribution in [-0.2, 0) is 16.0 Å². The first-order valence-corrected chi connectivity index (χ1v) is 8.87. The van der Waals surface area contributed by atoms with Gasteiger partial charge in [-0.3, -0.25) is 9.59 Å². The van der Waals surface area contributed by atoms with Crippen molar-refractivity contribution in [3.63, 3.8) is 0 Å². The van der Waals surface area contributed by atoms with Crippen molar-refractivity contribution in [1.29, 1.82) is 0 Å². The first kappa shape index (κ1) is 16.4. The van der Waals surface area contributed by atoms with Gasteiger partial charge < -0.3 is 15.6 Å². The smallest absolute Gasteiger partial charge is 0.228 e. The molecular weight excluding hydrogens is 326 g/mol. The van der Waals surface area contributed by atoms with Gasteiger partial charge in [0, 0.05) is 33.9 Å². The van der Waals surface area contributed by atoms with Gasteiger partial charge in [-0.25, -0.2) is 0 Å². The van der Waals surface area contributed by atoms with Gasteiger partial charge in [-0.2, -0.15) is 0 Å². The minimum atomic E-state index is -0.0624. The fourth-order valence-corrected chi connectivity index (χ4v) is 3.16. The second kappa shape index (κ2) is 6.67. The molecule has 26 heavy (non-hydrogen) atoms. The van der Waals surface area contributed by atoms with E-state index in [9.17, 15) is 9.59 Å². The highest BCUT2D eigenvalue weighted by atomic mass is 16.2. The maximum Gasteiger partial charge on any atom is 0.228 e. The summed E-state index contributed by atoms with van der Waals surface area (Å²) in [6, 6.07) is 15.2. The molecule has 0 spiro atoms. The Morgan fingerprint density at radius 1 is 1.00 bits per heavy atom. The van der Waals surface area contributed by atoms with Gasteiger partial charge in [0.2, 0.25) is 11.8 Å². The summed E-state index contributed by atoms with van der Waals surface area (Å²) in [4.78, 5) is 27.5. The molecule has 5 nitrogen and oxygen atoms in total. The molecule has 2 amide bonds. The molecule has 0 atom stereocenters. The third-order valence-corrected chi connectivity index (χ3v) is 4.75. The largest absolute Gasteiger partial charge is 0.358 e. The van der Waals surface area contributed by atoms with Crippen LogP contribution in [0, 0.1) is 12.8 Å². The molecular formula is C21H21N3O2. The summed E-state index contributed by atoms with van der Waals surface area (Å²) in [5, 5.41) is 6.90. The van der Waals surface area contributed by atoms with E-state index in [0.717, 1.165) is 46.4 Å². The van der Waals surface area contributed by atoms with Crippen LogP contribution in [-0.4, -0.2) is 16.8 Å². The van der Waals surface area contributed by atoms with Crippen LogP contribution >= 0.6 is 0 Å². The Balaban J connectivity index is 1.41. The molecule has 0 bridgehead atoms. The fraction of sp³-hybridized carbons (Fsp3) is 0.238. The molecule has 5 heteroatoms. The minimum absolute atomic E-state index is 0.0624. The number of carbonyl (C=O) groups excluding carboxylic acids is 2. The lowest BCUT2D eigenvalue weighted by atomic mass is 10.1. The summed E-state index contributed by atoms with van der Waals surface area (Å²) in [5.74, 6) is 0.193. The summed E-state index contributed by atoms with van der Waals surface area (Å²) >= 11 is 0. The lowest BCUT2D eigenvalue weighted by Gasteiger charge is -2.08. The van der Waals surface area contributed by atoms with E-state index in [0.29, 0.717) is 6.42 Å². The highest BCUT2D eigenvalue weighted by Gasteiger charge is 2.29. The lowest BCUT2D eigenvalue weighted by Crippen LogP contribution is -2.15. The number of amides is 2. The Kier molecular flexibility index (Phi) is 4.21.